The number of amides is 1. The Morgan fingerprint density at radius 1 is 1.13 bits per heavy atom. The van der Waals surface area contributed by atoms with Gasteiger partial charge < -0.3 is 15.6 Å². The first-order chi connectivity index (χ1) is 14.1. The molecule has 1 amide bonds. The third-order valence-corrected chi connectivity index (χ3v) is 7.28. The Balaban J connectivity index is 1.89. The van der Waals surface area contributed by atoms with Crippen molar-refractivity contribution in [3.05, 3.63) is 64.0 Å². The SMILES string of the molecule is COC(=O)c1ccc(NS(=O)(=O)c2cc(-c3ccc(C(N)=O)cc3)c(Cl)s2)cc1O. The molecule has 1 aromatic heterocycles. The van der Waals surface area contributed by atoms with Gasteiger partial charge >= 0.3 is 5.97 Å². The Kier molecular flexibility index (Phi) is 6.01. The van der Waals surface area contributed by atoms with Crippen LogP contribution >= 0.6 is 22.9 Å². The van der Waals surface area contributed by atoms with E-state index < -0.39 is 27.6 Å². The van der Waals surface area contributed by atoms with Crippen LogP contribution < -0.4 is 10.5 Å². The molecule has 1 heterocycles. The number of carbonyl (C=O) groups excluding carboxylic acids is 2. The molecule has 30 heavy (non-hydrogen) atoms. The summed E-state index contributed by atoms with van der Waals surface area (Å²) < 4.78 is 32.5. The molecule has 0 bridgehead atoms. The van der Waals surface area contributed by atoms with Gasteiger partial charge in [0, 0.05) is 17.2 Å². The van der Waals surface area contributed by atoms with Crippen LogP contribution in [0.1, 0.15) is 20.7 Å². The molecular weight excluding hydrogens is 452 g/mol. The molecule has 0 saturated heterocycles. The van der Waals surface area contributed by atoms with Gasteiger partial charge in [-0.2, -0.15) is 0 Å². The summed E-state index contributed by atoms with van der Waals surface area (Å²) in [5.41, 5.74) is 6.58. The maximum absolute atomic E-state index is 12.7. The quantitative estimate of drug-likeness (QED) is 0.476. The predicted octanol–water partition coefficient (Wildman–Crippen LogP) is 3.46. The number of primary amides is 1. The molecule has 0 unspecified atom stereocenters. The number of anilines is 1. The number of hydrogen-bond acceptors (Lipinski definition) is 7. The normalized spacial score (nSPS) is 11.1. The molecule has 4 N–H and O–H groups in total. The summed E-state index contributed by atoms with van der Waals surface area (Å²) in [6.07, 6.45) is 0. The number of halogens is 1. The van der Waals surface area contributed by atoms with E-state index in [0.29, 0.717) is 16.7 Å². The number of nitrogens with one attached hydrogen (secondary N) is 1. The summed E-state index contributed by atoms with van der Waals surface area (Å²) >= 11 is 7.08. The van der Waals surface area contributed by atoms with Crippen molar-refractivity contribution in [3.8, 4) is 16.9 Å². The molecule has 0 aliphatic carbocycles. The number of ether oxygens (including phenoxy) is 1. The van der Waals surface area contributed by atoms with E-state index in [1.807, 2.05) is 0 Å². The maximum Gasteiger partial charge on any atom is 0.341 e. The van der Waals surface area contributed by atoms with Crippen molar-refractivity contribution in [2.45, 2.75) is 4.21 Å². The number of sulfonamides is 1. The molecule has 3 rings (SSSR count). The number of rotatable bonds is 6. The predicted molar refractivity (Wildman–Crippen MR) is 114 cm³/mol. The van der Waals surface area contributed by atoms with Crippen molar-refractivity contribution >= 4 is 50.5 Å². The first-order valence-corrected chi connectivity index (χ1v) is 10.9. The second-order valence-electron chi connectivity index (χ2n) is 6.02. The van der Waals surface area contributed by atoms with Gasteiger partial charge in [0.2, 0.25) is 5.91 Å². The lowest BCUT2D eigenvalue weighted by Crippen LogP contribution is -2.12. The smallest absolute Gasteiger partial charge is 0.341 e. The van der Waals surface area contributed by atoms with Crippen molar-refractivity contribution in [3.63, 3.8) is 0 Å². The van der Waals surface area contributed by atoms with Crippen LogP contribution in [0.2, 0.25) is 4.34 Å². The molecule has 0 aliphatic heterocycles. The van der Waals surface area contributed by atoms with E-state index in [1.54, 1.807) is 12.1 Å². The number of methoxy groups -OCH3 is 1. The van der Waals surface area contributed by atoms with Crippen molar-refractivity contribution in [2.24, 2.45) is 5.73 Å². The van der Waals surface area contributed by atoms with Crippen LogP contribution in [0.4, 0.5) is 5.69 Å². The molecule has 3 aromatic rings. The van der Waals surface area contributed by atoms with Gasteiger partial charge in [-0.15, -0.1) is 11.3 Å². The number of carbonyl (C=O) groups is 2. The Bertz CT molecular complexity index is 1240. The Morgan fingerprint density at radius 3 is 2.37 bits per heavy atom. The summed E-state index contributed by atoms with van der Waals surface area (Å²) in [7, 11) is -2.85. The maximum atomic E-state index is 12.7. The molecule has 0 atom stereocenters. The number of hydrogen-bond donors (Lipinski definition) is 3. The van der Waals surface area contributed by atoms with E-state index >= 15 is 0 Å². The van der Waals surface area contributed by atoms with E-state index in [-0.39, 0.29) is 19.8 Å². The number of aromatic hydroxyl groups is 1. The molecular formula is C19H15ClN2O6S2. The molecule has 11 heteroatoms. The fourth-order valence-corrected chi connectivity index (χ4v) is 5.39. The van der Waals surface area contributed by atoms with Crippen molar-refractivity contribution < 1.29 is 27.9 Å². The molecule has 0 saturated carbocycles. The zero-order valence-electron chi connectivity index (χ0n) is 15.4. The fourth-order valence-electron chi connectivity index (χ4n) is 2.57. The van der Waals surface area contributed by atoms with Crippen LogP contribution in [-0.4, -0.2) is 32.5 Å². The number of benzene rings is 2. The van der Waals surface area contributed by atoms with Gasteiger partial charge in [-0.1, -0.05) is 23.7 Å². The van der Waals surface area contributed by atoms with E-state index in [1.165, 1.54) is 30.3 Å². The molecule has 8 nitrogen and oxygen atoms in total. The monoisotopic (exact) mass is 466 g/mol. The standard InChI is InChI=1S/C19H15ClN2O6S2/c1-28-19(25)13-7-6-12(8-15(13)23)22-30(26,27)16-9-14(17(20)29-16)10-2-4-11(5-3-10)18(21)24/h2-9,22-23H,1H3,(H2,21,24). The average molecular weight is 467 g/mol. The van der Waals surface area contributed by atoms with Gasteiger partial charge in [0.15, 0.2) is 0 Å². The van der Waals surface area contributed by atoms with E-state index in [9.17, 15) is 23.1 Å². The third-order valence-electron chi connectivity index (χ3n) is 4.06. The lowest BCUT2D eigenvalue weighted by atomic mass is 10.1. The Morgan fingerprint density at radius 2 is 1.80 bits per heavy atom. The zero-order valence-corrected chi connectivity index (χ0v) is 17.8. The highest BCUT2D eigenvalue weighted by atomic mass is 35.5. The van der Waals surface area contributed by atoms with Crippen LogP contribution in [0, 0.1) is 0 Å². The summed E-state index contributed by atoms with van der Waals surface area (Å²) in [5.74, 6) is -1.76. The number of nitrogens with two attached hydrogens (primary N) is 1. The summed E-state index contributed by atoms with van der Waals surface area (Å²) in [5, 5.41) is 9.93. The van der Waals surface area contributed by atoms with Gasteiger partial charge in [-0.05, 0) is 35.9 Å². The first kappa shape index (κ1) is 21.6. The number of esters is 1. The summed E-state index contributed by atoms with van der Waals surface area (Å²) in [6, 6.07) is 11.3. The Hall–Kier alpha value is -3.08. The van der Waals surface area contributed by atoms with Crippen molar-refractivity contribution in [1.29, 1.82) is 0 Å². The lowest BCUT2D eigenvalue weighted by Gasteiger charge is -2.08. The molecule has 0 radical (unpaired) electrons. The first-order valence-electron chi connectivity index (χ1n) is 8.26. The minimum Gasteiger partial charge on any atom is -0.507 e. The summed E-state index contributed by atoms with van der Waals surface area (Å²) in [6.45, 7) is 0. The second-order valence-corrected chi connectivity index (χ2v) is 9.59. The molecule has 0 spiro atoms. The van der Waals surface area contributed by atoms with Gasteiger partial charge in [0.25, 0.3) is 10.0 Å². The molecule has 0 fully saturated rings. The van der Waals surface area contributed by atoms with E-state index in [0.717, 1.165) is 24.5 Å². The molecule has 156 valence electrons. The number of phenolic OH excluding ortho intramolecular Hbond substituents is 1. The van der Waals surface area contributed by atoms with E-state index in [2.05, 4.69) is 9.46 Å². The average Bonchev–Trinajstić information content (AvgIpc) is 3.10. The van der Waals surface area contributed by atoms with Crippen LogP contribution in [0.25, 0.3) is 11.1 Å². The number of phenols is 1. The van der Waals surface area contributed by atoms with Crippen LogP contribution in [0.3, 0.4) is 0 Å². The number of thiophene rings is 1. The van der Waals surface area contributed by atoms with E-state index in [4.69, 9.17) is 17.3 Å². The highest BCUT2D eigenvalue weighted by molar-refractivity contribution is 7.94. The highest BCUT2D eigenvalue weighted by Crippen LogP contribution is 2.38. The Labute approximate surface area is 180 Å². The van der Waals surface area contributed by atoms with Gasteiger partial charge in [-0.3, -0.25) is 9.52 Å². The lowest BCUT2D eigenvalue weighted by molar-refractivity contribution is 0.0597. The van der Waals surface area contributed by atoms with Crippen LogP contribution in [-0.2, 0) is 14.8 Å². The van der Waals surface area contributed by atoms with Gasteiger partial charge in [0.1, 0.15) is 19.9 Å². The largest absolute Gasteiger partial charge is 0.507 e. The van der Waals surface area contributed by atoms with Gasteiger partial charge in [-0.25, -0.2) is 13.2 Å². The van der Waals surface area contributed by atoms with Crippen LogP contribution in [0.15, 0.2) is 52.7 Å². The minimum absolute atomic E-state index is 0.0528. The highest BCUT2D eigenvalue weighted by Gasteiger charge is 2.22. The zero-order chi connectivity index (χ0) is 22.1. The molecule has 2 aromatic carbocycles. The molecule has 0 aliphatic rings. The topological polar surface area (TPSA) is 136 Å². The third kappa shape index (κ3) is 4.40. The van der Waals surface area contributed by atoms with Crippen molar-refractivity contribution in [2.75, 3.05) is 11.8 Å². The summed E-state index contributed by atoms with van der Waals surface area (Å²) in [4.78, 5) is 22.7. The fraction of sp³-hybridized carbons (Fsp3) is 0.0526. The van der Waals surface area contributed by atoms with Gasteiger partial charge in [0.05, 0.1) is 12.8 Å². The minimum atomic E-state index is -4.02. The van der Waals surface area contributed by atoms with Crippen LogP contribution in [0.5, 0.6) is 5.75 Å². The second kappa shape index (κ2) is 8.34. The van der Waals surface area contributed by atoms with Crippen molar-refractivity contribution in [1.82, 2.24) is 0 Å².